The van der Waals surface area contributed by atoms with Crippen molar-refractivity contribution in [2.75, 3.05) is 13.2 Å². The van der Waals surface area contributed by atoms with E-state index in [1.807, 2.05) is 13.8 Å². The molecule has 0 aliphatic carbocycles. The van der Waals surface area contributed by atoms with E-state index in [1.54, 1.807) is 18.7 Å². The molecule has 0 radical (unpaired) electrons. The molecule has 0 saturated carbocycles. The van der Waals surface area contributed by atoms with Crippen molar-refractivity contribution in [1.29, 1.82) is 0 Å². The van der Waals surface area contributed by atoms with Crippen LogP contribution in [0.1, 0.15) is 46.0 Å². The Labute approximate surface area is 117 Å². The molecule has 2 rings (SSSR count). The lowest BCUT2D eigenvalue weighted by Gasteiger charge is -2.37. The van der Waals surface area contributed by atoms with E-state index in [0.717, 1.165) is 0 Å². The maximum atomic E-state index is 12.7. The van der Waals surface area contributed by atoms with E-state index >= 15 is 0 Å². The Hall–Kier alpha value is -1.82. The zero-order valence-corrected chi connectivity index (χ0v) is 12.2. The summed E-state index contributed by atoms with van der Waals surface area (Å²) >= 11 is 0. The summed E-state index contributed by atoms with van der Waals surface area (Å²) in [6, 6.07) is -0.0133. The number of rotatable bonds is 2. The molecule has 2 atom stereocenters. The molecule has 1 aliphatic rings. The molecule has 2 N–H and O–H groups in total. The maximum absolute atomic E-state index is 12.7. The second-order valence-electron chi connectivity index (χ2n) is 5.38. The van der Waals surface area contributed by atoms with Gasteiger partial charge in [0.2, 0.25) is 0 Å². The van der Waals surface area contributed by atoms with Crippen molar-refractivity contribution in [3.05, 3.63) is 22.5 Å². The summed E-state index contributed by atoms with van der Waals surface area (Å²) in [7, 11) is 0. The zero-order valence-electron chi connectivity index (χ0n) is 12.2. The molecule has 0 bridgehead atoms. The van der Waals surface area contributed by atoms with Gasteiger partial charge in [-0.25, -0.2) is 4.79 Å². The van der Waals surface area contributed by atoms with E-state index < -0.39 is 5.97 Å². The molecule has 0 spiro atoms. The third-order valence-corrected chi connectivity index (χ3v) is 3.73. The molecule has 1 aromatic rings. The van der Waals surface area contributed by atoms with E-state index in [9.17, 15) is 9.59 Å². The minimum Gasteiger partial charge on any atom is -0.477 e. The Bertz CT molecular complexity index is 550. The number of carbonyl (C=O) groups excluding carboxylic acids is 1. The molecule has 1 aliphatic heterocycles. The summed E-state index contributed by atoms with van der Waals surface area (Å²) in [5.41, 5.74) is 1.63. The lowest BCUT2D eigenvalue weighted by atomic mass is 10.1. The van der Waals surface area contributed by atoms with Gasteiger partial charge in [0.15, 0.2) is 0 Å². The number of carbonyl (C=O) groups is 2. The van der Waals surface area contributed by atoms with Gasteiger partial charge in [-0.3, -0.25) is 4.79 Å². The topological polar surface area (TPSA) is 82.6 Å². The molecule has 1 amide bonds. The average molecular weight is 280 g/mol. The number of aromatic amines is 1. The van der Waals surface area contributed by atoms with Gasteiger partial charge >= 0.3 is 5.97 Å². The number of H-pyrrole nitrogens is 1. The lowest BCUT2D eigenvalue weighted by Crippen LogP contribution is -2.50. The standard InChI is InChI=1S/C14H20N2O4/c1-7-6-20-8(2)5-16(7)13(17)11-9(3)12(14(18)19)15-10(11)4/h7-8,15H,5-6H2,1-4H3,(H,18,19). The van der Waals surface area contributed by atoms with Crippen molar-refractivity contribution in [3.8, 4) is 0 Å². The van der Waals surface area contributed by atoms with Crippen molar-refractivity contribution < 1.29 is 19.4 Å². The largest absolute Gasteiger partial charge is 0.477 e. The Balaban J connectivity index is 2.36. The average Bonchev–Trinajstić information content (AvgIpc) is 2.67. The predicted molar refractivity (Wildman–Crippen MR) is 73.1 cm³/mol. The normalized spacial score (nSPS) is 22.9. The van der Waals surface area contributed by atoms with Gasteiger partial charge in [-0.1, -0.05) is 0 Å². The van der Waals surface area contributed by atoms with Gasteiger partial charge in [0.1, 0.15) is 5.69 Å². The van der Waals surface area contributed by atoms with Crippen molar-refractivity contribution in [2.45, 2.75) is 39.8 Å². The molecule has 20 heavy (non-hydrogen) atoms. The summed E-state index contributed by atoms with van der Waals surface area (Å²) in [5, 5.41) is 9.11. The second kappa shape index (κ2) is 5.28. The first-order valence-corrected chi connectivity index (χ1v) is 6.68. The number of amides is 1. The van der Waals surface area contributed by atoms with Gasteiger partial charge < -0.3 is 19.7 Å². The van der Waals surface area contributed by atoms with E-state index in [2.05, 4.69) is 4.98 Å². The van der Waals surface area contributed by atoms with Gasteiger partial charge in [-0.2, -0.15) is 0 Å². The molecule has 2 heterocycles. The van der Waals surface area contributed by atoms with Crippen LogP contribution >= 0.6 is 0 Å². The second-order valence-corrected chi connectivity index (χ2v) is 5.38. The molecule has 110 valence electrons. The first kappa shape index (κ1) is 14.6. The first-order valence-electron chi connectivity index (χ1n) is 6.68. The fraction of sp³-hybridized carbons (Fsp3) is 0.571. The summed E-state index contributed by atoms with van der Waals surface area (Å²) in [4.78, 5) is 28.4. The fourth-order valence-electron chi connectivity index (χ4n) is 2.61. The van der Waals surface area contributed by atoms with Gasteiger partial charge in [-0.05, 0) is 33.3 Å². The number of ether oxygens (including phenoxy) is 1. The van der Waals surface area contributed by atoms with Crippen LogP contribution in [-0.2, 0) is 4.74 Å². The smallest absolute Gasteiger partial charge is 0.352 e. The Morgan fingerprint density at radius 3 is 2.55 bits per heavy atom. The molecular formula is C14H20N2O4. The summed E-state index contributed by atoms with van der Waals surface area (Å²) in [6.07, 6.45) is -0.00588. The number of aromatic carboxylic acids is 1. The Morgan fingerprint density at radius 2 is 2.00 bits per heavy atom. The van der Waals surface area contributed by atoms with Crippen LogP contribution in [-0.4, -0.2) is 52.2 Å². The van der Waals surface area contributed by atoms with Crippen LogP contribution in [0.25, 0.3) is 0 Å². The van der Waals surface area contributed by atoms with Gasteiger partial charge in [0, 0.05) is 12.2 Å². The minimum absolute atomic E-state index is 0.00588. The van der Waals surface area contributed by atoms with E-state index in [4.69, 9.17) is 9.84 Å². The molecule has 6 nitrogen and oxygen atoms in total. The van der Waals surface area contributed by atoms with Crippen LogP contribution < -0.4 is 0 Å². The van der Waals surface area contributed by atoms with E-state index in [-0.39, 0.29) is 23.7 Å². The van der Waals surface area contributed by atoms with Crippen LogP contribution in [0.4, 0.5) is 0 Å². The van der Waals surface area contributed by atoms with Crippen molar-refractivity contribution in [3.63, 3.8) is 0 Å². The Morgan fingerprint density at radius 1 is 1.35 bits per heavy atom. The maximum Gasteiger partial charge on any atom is 0.352 e. The van der Waals surface area contributed by atoms with E-state index in [0.29, 0.717) is 30.0 Å². The number of hydrogen-bond acceptors (Lipinski definition) is 3. The third-order valence-electron chi connectivity index (χ3n) is 3.73. The summed E-state index contributed by atoms with van der Waals surface area (Å²) in [6.45, 7) is 8.26. The number of hydrogen-bond donors (Lipinski definition) is 2. The summed E-state index contributed by atoms with van der Waals surface area (Å²) in [5.74, 6) is -1.18. The van der Waals surface area contributed by atoms with Crippen LogP contribution in [0.15, 0.2) is 0 Å². The number of carboxylic acid groups (broad SMARTS) is 1. The lowest BCUT2D eigenvalue weighted by molar-refractivity contribution is -0.0387. The van der Waals surface area contributed by atoms with E-state index in [1.165, 1.54) is 0 Å². The highest BCUT2D eigenvalue weighted by Gasteiger charge is 2.31. The first-order chi connectivity index (χ1) is 9.32. The highest BCUT2D eigenvalue weighted by molar-refractivity contribution is 6.01. The predicted octanol–water partition coefficient (Wildman–Crippen LogP) is 1.58. The van der Waals surface area contributed by atoms with Crippen LogP contribution in [0, 0.1) is 13.8 Å². The third kappa shape index (κ3) is 2.43. The van der Waals surface area contributed by atoms with Gasteiger partial charge in [0.05, 0.1) is 24.3 Å². The molecule has 1 saturated heterocycles. The van der Waals surface area contributed by atoms with Crippen molar-refractivity contribution >= 4 is 11.9 Å². The number of nitrogens with zero attached hydrogens (tertiary/aromatic N) is 1. The highest BCUT2D eigenvalue weighted by Crippen LogP contribution is 2.22. The Kier molecular flexibility index (Phi) is 3.85. The number of nitrogens with one attached hydrogen (secondary N) is 1. The number of carboxylic acids is 1. The molecular weight excluding hydrogens is 260 g/mol. The summed E-state index contributed by atoms with van der Waals surface area (Å²) < 4.78 is 5.51. The van der Waals surface area contributed by atoms with Crippen LogP contribution in [0.2, 0.25) is 0 Å². The molecule has 2 unspecified atom stereocenters. The number of aryl methyl sites for hydroxylation is 1. The van der Waals surface area contributed by atoms with Crippen LogP contribution in [0.3, 0.4) is 0 Å². The molecule has 1 aromatic heterocycles. The van der Waals surface area contributed by atoms with Crippen LogP contribution in [0.5, 0.6) is 0 Å². The van der Waals surface area contributed by atoms with Crippen molar-refractivity contribution in [2.24, 2.45) is 0 Å². The molecule has 0 aromatic carbocycles. The monoisotopic (exact) mass is 280 g/mol. The molecule has 1 fully saturated rings. The molecule has 6 heteroatoms. The number of aromatic nitrogens is 1. The SMILES string of the molecule is Cc1[nH]c(C(=O)O)c(C)c1C(=O)N1CC(C)OCC1C. The number of morpholine rings is 1. The quantitative estimate of drug-likeness (QED) is 0.861. The van der Waals surface area contributed by atoms with Gasteiger partial charge in [0.25, 0.3) is 5.91 Å². The minimum atomic E-state index is -1.05. The zero-order chi connectivity index (χ0) is 15.0. The van der Waals surface area contributed by atoms with Crippen molar-refractivity contribution in [1.82, 2.24) is 9.88 Å². The van der Waals surface area contributed by atoms with Gasteiger partial charge in [-0.15, -0.1) is 0 Å². The fourth-order valence-corrected chi connectivity index (χ4v) is 2.61. The highest BCUT2D eigenvalue weighted by atomic mass is 16.5.